The highest BCUT2D eigenvalue weighted by Crippen LogP contribution is 2.31. The Kier molecular flexibility index (Phi) is 2.81. The highest BCUT2D eigenvalue weighted by atomic mass is 35.5. The summed E-state index contributed by atoms with van der Waals surface area (Å²) in [5, 5.41) is 10.3. The lowest BCUT2D eigenvalue weighted by molar-refractivity contribution is -0.384. The van der Waals surface area contributed by atoms with Crippen LogP contribution in [0.15, 0.2) is 18.3 Å². The molecule has 0 saturated carbocycles. The summed E-state index contributed by atoms with van der Waals surface area (Å²) in [7, 11) is 0. The minimum atomic E-state index is -4.63. The number of hydrogen-bond donors (Lipinski definition) is 0. The van der Waals surface area contributed by atoms with E-state index in [9.17, 15) is 23.3 Å². The number of alkyl halides is 3. The van der Waals surface area contributed by atoms with E-state index in [1.54, 1.807) is 0 Å². The van der Waals surface area contributed by atoms with Gasteiger partial charge in [0.25, 0.3) is 5.69 Å². The van der Waals surface area contributed by atoms with Crippen LogP contribution in [0.4, 0.5) is 18.9 Å². The number of hydrogen-bond acceptors (Lipinski definition) is 4. The van der Waals surface area contributed by atoms with Crippen molar-refractivity contribution in [2.75, 3.05) is 0 Å². The van der Waals surface area contributed by atoms with Crippen LogP contribution >= 0.6 is 11.6 Å². The largest absolute Gasteiger partial charge is 0.434 e. The molecule has 1 aromatic heterocycles. The minimum Gasteiger partial charge on any atom is -0.258 e. The molecule has 0 N–H and O–H groups in total. The molecule has 5 nitrogen and oxygen atoms in total. The van der Waals surface area contributed by atoms with E-state index in [0.29, 0.717) is 6.20 Å². The van der Waals surface area contributed by atoms with Gasteiger partial charge in [-0.2, -0.15) is 13.2 Å². The number of benzene rings is 1. The first-order chi connectivity index (χ1) is 8.29. The Balaban J connectivity index is 2.67. The second kappa shape index (κ2) is 4.05. The van der Waals surface area contributed by atoms with Crippen LogP contribution < -0.4 is 0 Å². The van der Waals surface area contributed by atoms with Crippen LogP contribution in [0, 0.1) is 10.1 Å². The molecule has 2 aromatic rings. The van der Waals surface area contributed by atoms with Crippen LogP contribution in [0.1, 0.15) is 5.69 Å². The standard InChI is InChI=1S/C9H3ClF3N3O2/c10-4-1-6-5(2-7(4)16(17)18)14-3-8(15-6)9(11,12)13/h1-3H. The average Bonchev–Trinajstić information content (AvgIpc) is 2.25. The zero-order valence-electron chi connectivity index (χ0n) is 8.40. The smallest absolute Gasteiger partial charge is 0.258 e. The fourth-order valence-electron chi connectivity index (χ4n) is 1.30. The molecule has 0 spiro atoms. The molecule has 0 aliphatic carbocycles. The third kappa shape index (κ3) is 2.19. The van der Waals surface area contributed by atoms with Crippen LogP contribution in [-0.4, -0.2) is 14.9 Å². The van der Waals surface area contributed by atoms with Crippen molar-refractivity contribution in [1.29, 1.82) is 0 Å². The van der Waals surface area contributed by atoms with Gasteiger partial charge in [0.1, 0.15) is 5.02 Å². The predicted octanol–water partition coefficient (Wildman–Crippen LogP) is 3.21. The molecule has 0 unspecified atom stereocenters. The quantitative estimate of drug-likeness (QED) is 0.593. The van der Waals surface area contributed by atoms with E-state index < -0.39 is 22.5 Å². The van der Waals surface area contributed by atoms with E-state index in [1.165, 1.54) is 0 Å². The summed E-state index contributed by atoms with van der Waals surface area (Å²) in [5.74, 6) is 0. The lowest BCUT2D eigenvalue weighted by Crippen LogP contribution is -2.08. The van der Waals surface area contributed by atoms with Gasteiger partial charge in [0.2, 0.25) is 0 Å². The van der Waals surface area contributed by atoms with Crippen LogP contribution in [0.2, 0.25) is 5.02 Å². The molecular formula is C9H3ClF3N3O2. The Hall–Kier alpha value is -1.96. The molecule has 0 radical (unpaired) electrons. The van der Waals surface area contributed by atoms with Crippen LogP contribution in [0.3, 0.4) is 0 Å². The first-order valence-corrected chi connectivity index (χ1v) is 4.85. The van der Waals surface area contributed by atoms with E-state index in [0.717, 1.165) is 12.1 Å². The first kappa shape index (κ1) is 12.5. The van der Waals surface area contributed by atoms with E-state index >= 15 is 0 Å². The Morgan fingerprint density at radius 3 is 2.50 bits per heavy atom. The maximum absolute atomic E-state index is 12.4. The van der Waals surface area contributed by atoms with Crippen LogP contribution in [0.25, 0.3) is 11.0 Å². The van der Waals surface area contributed by atoms with Gasteiger partial charge in [0.15, 0.2) is 5.69 Å². The van der Waals surface area contributed by atoms with Crippen LogP contribution in [-0.2, 0) is 6.18 Å². The zero-order valence-corrected chi connectivity index (χ0v) is 9.16. The van der Waals surface area contributed by atoms with Gasteiger partial charge in [0.05, 0.1) is 22.2 Å². The molecule has 9 heteroatoms. The second-order valence-electron chi connectivity index (χ2n) is 3.30. The van der Waals surface area contributed by atoms with Crippen molar-refractivity contribution in [2.24, 2.45) is 0 Å². The molecule has 94 valence electrons. The Bertz CT molecular complexity index is 645. The monoisotopic (exact) mass is 277 g/mol. The van der Waals surface area contributed by atoms with E-state index in [-0.39, 0.29) is 16.1 Å². The number of nitro benzene ring substituents is 1. The first-order valence-electron chi connectivity index (χ1n) is 4.47. The molecule has 0 fully saturated rings. The number of nitrogens with zero attached hydrogens (tertiary/aromatic N) is 3. The highest BCUT2D eigenvalue weighted by Gasteiger charge is 2.33. The minimum absolute atomic E-state index is 0.0286. The SMILES string of the molecule is O=[N+]([O-])c1cc2ncc(C(F)(F)F)nc2cc1Cl. The van der Waals surface area contributed by atoms with Gasteiger partial charge in [-0.15, -0.1) is 0 Å². The maximum atomic E-state index is 12.4. The average molecular weight is 278 g/mol. The van der Waals surface area contributed by atoms with E-state index in [2.05, 4.69) is 9.97 Å². The Morgan fingerprint density at radius 1 is 1.28 bits per heavy atom. The van der Waals surface area contributed by atoms with Crippen molar-refractivity contribution < 1.29 is 18.1 Å². The Morgan fingerprint density at radius 2 is 1.94 bits per heavy atom. The normalized spacial score (nSPS) is 11.8. The van der Waals surface area contributed by atoms with Gasteiger partial charge in [-0.1, -0.05) is 11.6 Å². The lowest BCUT2D eigenvalue weighted by Gasteiger charge is -2.06. The molecule has 0 atom stereocenters. The van der Waals surface area contributed by atoms with Gasteiger partial charge >= 0.3 is 6.18 Å². The molecular weight excluding hydrogens is 275 g/mol. The van der Waals surface area contributed by atoms with Gasteiger partial charge < -0.3 is 0 Å². The maximum Gasteiger partial charge on any atom is 0.434 e. The van der Waals surface area contributed by atoms with Gasteiger partial charge in [-0.25, -0.2) is 4.98 Å². The molecule has 0 amide bonds. The summed E-state index contributed by atoms with van der Waals surface area (Å²) in [5.41, 5.74) is -1.79. The van der Waals surface area contributed by atoms with Gasteiger partial charge in [0, 0.05) is 6.07 Å². The van der Waals surface area contributed by atoms with Gasteiger partial charge in [-0.3, -0.25) is 15.1 Å². The molecule has 1 heterocycles. The summed E-state index contributed by atoms with van der Waals surface area (Å²) >= 11 is 5.57. The Labute approximate surface area is 102 Å². The van der Waals surface area contributed by atoms with Crippen LogP contribution in [0.5, 0.6) is 0 Å². The highest BCUT2D eigenvalue weighted by molar-refractivity contribution is 6.33. The van der Waals surface area contributed by atoms with Crippen molar-refractivity contribution in [1.82, 2.24) is 9.97 Å². The van der Waals surface area contributed by atoms with Crippen molar-refractivity contribution in [3.8, 4) is 0 Å². The second-order valence-corrected chi connectivity index (χ2v) is 3.71. The van der Waals surface area contributed by atoms with E-state index in [1.807, 2.05) is 0 Å². The van der Waals surface area contributed by atoms with E-state index in [4.69, 9.17) is 11.6 Å². The summed E-state index contributed by atoms with van der Waals surface area (Å²) in [6, 6.07) is 1.96. The molecule has 18 heavy (non-hydrogen) atoms. The number of fused-ring (bicyclic) bond motifs is 1. The molecule has 2 rings (SSSR count). The number of nitro groups is 1. The molecule has 1 aromatic carbocycles. The van der Waals surface area contributed by atoms with Crippen molar-refractivity contribution in [3.05, 3.63) is 39.2 Å². The zero-order chi connectivity index (χ0) is 13.5. The third-order valence-electron chi connectivity index (χ3n) is 2.10. The number of aromatic nitrogens is 2. The number of halogens is 4. The summed E-state index contributed by atoms with van der Waals surface area (Å²) in [6.45, 7) is 0. The lowest BCUT2D eigenvalue weighted by atomic mass is 10.2. The third-order valence-corrected chi connectivity index (χ3v) is 2.40. The summed E-state index contributed by atoms with van der Waals surface area (Å²) in [6.07, 6.45) is -4.12. The summed E-state index contributed by atoms with van der Waals surface area (Å²) < 4.78 is 37.1. The molecule has 0 saturated heterocycles. The molecule has 0 aliphatic heterocycles. The van der Waals surface area contributed by atoms with Gasteiger partial charge in [-0.05, 0) is 6.07 Å². The van der Waals surface area contributed by atoms with Crippen molar-refractivity contribution in [3.63, 3.8) is 0 Å². The topological polar surface area (TPSA) is 68.9 Å². The fraction of sp³-hybridized carbons (Fsp3) is 0.111. The molecule has 0 aliphatic rings. The fourth-order valence-corrected chi connectivity index (χ4v) is 1.53. The summed E-state index contributed by atoms with van der Waals surface area (Å²) in [4.78, 5) is 16.6. The number of rotatable bonds is 1. The molecule has 0 bridgehead atoms. The van der Waals surface area contributed by atoms with Crippen molar-refractivity contribution in [2.45, 2.75) is 6.18 Å². The van der Waals surface area contributed by atoms with Crippen molar-refractivity contribution >= 4 is 28.3 Å². The predicted molar refractivity (Wildman–Crippen MR) is 56.2 cm³/mol.